The number of amides is 2. The zero-order valence-corrected chi connectivity index (χ0v) is 14.0. The standard InChI is InChI=1S/C15H19F3N2O2S/c1-9-4-5-12(23-9)10(2)13(21)19(3)11-6-7-20(14(11)22)8-15(16,17)18/h4-5,10-11H,6-8H2,1-3H3/t10-,11-/m0/s1. The van der Waals surface area contributed by atoms with E-state index in [1.165, 1.54) is 23.3 Å². The number of likely N-dealkylation sites (N-methyl/N-ethyl adjacent to an activating group) is 1. The van der Waals surface area contributed by atoms with Crippen LogP contribution < -0.4 is 0 Å². The van der Waals surface area contributed by atoms with Crippen LogP contribution in [0.2, 0.25) is 0 Å². The third-order valence-electron chi connectivity index (χ3n) is 4.01. The summed E-state index contributed by atoms with van der Waals surface area (Å²) >= 11 is 1.50. The van der Waals surface area contributed by atoms with Crippen molar-refractivity contribution in [2.75, 3.05) is 20.1 Å². The van der Waals surface area contributed by atoms with Crippen molar-refractivity contribution in [3.8, 4) is 0 Å². The number of thiophene rings is 1. The van der Waals surface area contributed by atoms with Gasteiger partial charge in [-0.2, -0.15) is 13.2 Å². The van der Waals surface area contributed by atoms with E-state index >= 15 is 0 Å². The highest BCUT2D eigenvalue weighted by Gasteiger charge is 2.42. The summed E-state index contributed by atoms with van der Waals surface area (Å²) in [6.45, 7) is 2.44. The molecule has 0 aliphatic carbocycles. The predicted octanol–water partition coefficient (Wildman–Crippen LogP) is 2.78. The van der Waals surface area contributed by atoms with E-state index in [1.54, 1.807) is 6.92 Å². The van der Waals surface area contributed by atoms with E-state index in [0.29, 0.717) is 0 Å². The van der Waals surface area contributed by atoms with Crippen molar-refractivity contribution >= 4 is 23.2 Å². The van der Waals surface area contributed by atoms with Crippen molar-refractivity contribution < 1.29 is 22.8 Å². The van der Waals surface area contributed by atoms with Gasteiger partial charge in [0.2, 0.25) is 11.8 Å². The maximum Gasteiger partial charge on any atom is 0.406 e. The van der Waals surface area contributed by atoms with Gasteiger partial charge in [-0.15, -0.1) is 11.3 Å². The lowest BCUT2D eigenvalue weighted by atomic mass is 10.1. The SMILES string of the molecule is Cc1ccc([C@H](C)C(=O)N(C)[C@H]2CCN(CC(F)(F)F)C2=O)s1. The van der Waals surface area contributed by atoms with Crippen LogP contribution in [-0.2, 0) is 9.59 Å². The zero-order valence-electron chi connectivity index (χ0n) is 13.2. The lowest BCUT2D eigenvalue weighted by Gasteiger charge is -2.26. The van der Waals surface area contributed by atoms with Crippen LogP contribution >= 0.6 is 11.3 Å². The molecule has 0 saturated carbocycles. The van der Waals surface area contributed by atoms with Gasteiger partial charge in [0, 0.05) is 23.3 Å². The normalized spacial score (nSPS) is 20.0. The molecule has 2 heterocycles. The van der Waals surface area contributed by atoms with Gasteiger partial charge in [0.15, 0.2) is 0 Å². The van der Waals surface area contributed by atoms with Gasteiger partial charge in [0.05, 0.1) is 5.92 Å². The second-order valence-electron chi connectivity index (χ2n) is 5.80. The average Bonchev–Trinajstić information content (AvgIpc) is 3.02. The summed E-state index contributed by atoms with van der Waals surface area (Å²) in [4.78, 5) is 28.7. The molecule has 8 heteroatoms. The third kappa shape index (κ3) is 4.04. The number of aryl methyl sites for hydroxylation is 1. The van der Waals surface area contributed by atoms with Gasteiger partial charge in [-0.25, -0.2) is 0 Å². The molecule has 4 nitrogen and oxygen atoms in total. The first-order valence-electron chi connectivity index (χ1n) is 7.28. The lowest BCUT2D eigenvalue weighted by molar-refractivity contribution is -0.159. The van der Waals surface area contributed by atoms with Crippen LogP contribution in [0.5, 0.6) is 0 Å². The van der Waals surface area contributed by atoms with Crippen LogP contribution in [0.25, 0.3) is 0 Å². The van der Waals surface area contributed by atoms with Gasteiger partial charge in [-0.05, 0) is 32.4 Å². The van der Waals surface area contributed by atoms with Crippen LogP contribution in [0.1, 0.15) is 29.0 Å². The fraction of sp³-hybridized carbons (Fsp3) is 0.600. The van der Waals surface area contributed by atoms with Gasteiger partial charge in [0.25, 0.3) is 0 Å². The van der Waals surface area contributed by atoms with Crippen molar-refractivity contribution in [1.29, 1.82) is 0 Å². The Hall–Kier alpha value is -1.57. The van der Waals surface area contributed by atoms with Crippen LogP contribution in [0.4, 0.5) is 13.2 Å². The van der Waals surface area contributed by atoms with Gasteiger partial charge >= 0.3 is 6.18 Å². The molecule has 1 aromatic rings. The Morgan fingerprint density at radius 2 is 2.13 bits per heavy atom. The smallest absolute Gasteiger partial charge is 0.333 e. The number of halogens is 3. The molecular formula is C15H19F3N2O2S. The molecule has 2 atom stereocenters. The largest absolute Gasteiger partial charge is 0.406 e. The first-order valence-corrected chi connectivity index (χ1v) is 8.10. The maximum absolute atomic E-state index is 12.5. The molecule has 2 amide bonds. The third-order valence-corrected chi connectivity index (χ3v) is 5.20. The lowest BCUT2D eigenvalue weighted by Crippen LogP contribution is -2.45. The van der Waals surface area contributed by atoms with E-state index in [-0.39, 0.29) is 18.9 Å². The number of rotatable bonds is 4. The molecule has 0 N–H and O–H groups in total. The Morgan fingerprint density at radius 1 is 1.48 bits per heavy atom. The number of carbonyl (C=O) groups excluding carboxylic acids is 2. The number of likely N-dealkylation sites (tertiary alicyclic amines) is 1. The summed E-state index contributed by atoms with van der Waals surface area (Å²) in [7, 11) is 1.49. The highest BCUT2D eigenvalue weighted by molar-refractivity contribution is 7.12. The van der Waals surface area contributed by atoms with Crippen LogP contribution in [0.15, 0.2) is 12.1 Å². The monoisotopic (exact) mass is 348 g/mol. The van der Waals surface area contributed by atoms with E-state index in [9.17, 15) is 22.8 Å². The molecule has 0 bridgehead atoms. The molecule has 128 valence electrons. The van der Waals surface area contributed by atoms with Crippen molar-refractivity contribution in [3.63, 3.8) is 0 Å². The van der Waals surface area contributed by atoms with Crippen molar-refractivity contribution in [1.82, 2.24) is 9.80 Å². The molecule has 1 aromatic heterocycles. The maximum atomic E-state index is 12.5. The molecular weight excluding hydrogens is 329 g/mol. The first-order chi connectivity index (χ1) is 10.6. The topological polar surface area (TPSA) is 40.6 Å². The Bertz CT molecular complexity index is 600. The second-order valence-corrected chi connectivity index (χ2v) is 7.12. The quantitative estimate of drug-likeness (QED) is 0.840. The molecule has 23 heavy (non-hydrogen) atoms. The zero-order chi connectivity index (χ0) is 17.4. The number of nitrogens with zero attached hydrogens (tertiary/aromatic N) is 2. The van der Waals surface area contributed by atoms with Gasteiger partial charge in [0.1, 0.15) is 12.6 Å². The van der Waals surface area contributed by atoms with Gasteiger partial charge in [-0.1, -0.05) is 0 Å². The number of hydrogen-bond acceptors (Lipinski definition) is 3. The van der Waals surface area contributed by atoms with E-state index in [4.69, 9.17) is 0 Å². The summed E-state index contributed by atoms with van der Waals surface area (Å²) in [6, 6.07) is 2.96. The Morgan fingerprint density at radius 3 is 2.65 bits per heavy atom. The number of carbonyl (C=O) groups is 2. The van der Waals surface area contributed by atoms with Gasteiger partial charge in [-0.3, -0.25) is 9.59 Å². The summed E-state index contributed by atoms with van der Waals surface area (Å²) in [5.41, 5.74) is 0. The van der Waals surface area contributed by atoms with Crippen molar-refractivity contribution in [3.05, 3.63) is 21.9 Å². The highest BCUT2D eigenvalue weighted by atomic mass is 32.1. The minimum Gasteiger partial charge on any atom is -0.333 e. The highest BCUT2D eigenvalue weighted by Crippen LogP contribution is 2.28. The molecule has 1 fully saturated rings. The van der Waals surface area contributed by atoms with E-state index in [0.717, 1.165) is 14.7 Å². The van der Waals surface area contributed by atoms with Crippen LogP contribution in [-0.4, -0.2) is 54.0 Å². The van der Waals surface area contributed by atoms with Crippen LogP contribution in [0, 0.1) is 6.92 Å². The summed E-state index contributed by atoms with van der Waals surface area (Å²) in [5, 5.41) is 0. The van der Waals surface area contributed by atoms with Crippen molar-refractivity contribution in [2.24, 2.45) is 0 Å². The molecule has 0 radical (unpaired) electrons. The van der Waals surface area contributed by atoms with E-state index < -0.39 is 30.6 Å². The fourth-order valence-corrected chi connectivity index (χ4v) is 3.64. The minimum absolute atomic E-state index is 0.0210. The predicted molar refractivity (Wildman–Crippen MR) is 81.3 cm³/mol. The molecule has 1 aliphatic heterocycles. The Kier molecular flexibility index (Phi) is 5.03. The van der Waals surface area contributed by atoms with Crippen LogP contribution in [0.3, 0.4) is 0 Å². The summed E-state index contributed by atoms with van der Waals surface area (Å²) in [5.74, 6) is -1.30. The second kappa shape index (κ2) is 6.51. The van der Waals surface area contributed by atoms with Gasteiger partial charge < -0.3 is 9.80 Å². The fourth-order valence-electron chi connectivity index (χ4n) is 2.72. The molecule has 1 aliphatic rings. The summed E-state index contributed by atoms with van der Waals surface area (Å²) < 4.78 is 37.3. The molecule has 0 aromatic carbocycles. The average molecular weight is 348 g/mol. The van der Waals surface area contributed by atoms with E-state index in [2.05, 4.69) is 0 Å². The van der Waals surface area contributed by atoms with E-state index in [1.807, 2.05) is 19.1 Å². The molecule has 0 unspecified atom stereocenters. The number of hydrogen-bond donors (Lipinski definition) is 0. The number of alkyl halides is 3. The molecule has 2 rings (SSSR count). The van der Waals surface area contributed by atoms with Crippen molar-refractivity contribution in [2.45, 2.75) is 38.4 Å². The molecule has 0 spiro atoms. The Balaban J connectivity index is 2.04. The summed E-state index contributed by atoms with van der Waals surface area (Å²) in [6.07, 6.45) is -4.19. The first kappa shape index (κ1) is 17.8. The Labute approximate surface area is 136 Å². The molecule has 1 saturated heterocycles. The minimum atomic E-state index is -4.42.